The number of benzene rings is 1. The van der Waals surface area contributed by atoms with Crippen molar-refractivity contribution in [3.05, 3.63) is 58.9 Å². The smallest absolute Gasteiger partial charge is 0.374 e. The number of hydrogen-bond donors (Lipinski definition) is 0. The molecule has 0 radical (unpaired) electrons. The summed E-state index contributed by atoms with van der Waals surface area (Å²) in [5.41, 5.74) is 0.705. The summed E-state index contributed by atoms with van der Waals surface area (Å²) in [6, 6.07) is 10.4. The van der Waals surface area contributed by atoms with E-state index in [9.17, 15) is 4.79 Å². The van der Waals surface area contributed by atoms with Crippen LogP contribution in [-0.4, -0.2) is 16.1 Å². The lowest BCUT2D eigenvalue weighted by Crippen LogP contribution is -2.04. The molecule has 0 aliphatic heterocycles. The monoisotopic (exact) mass is 346 g/mol. The number of hydrogen-bond acceptors (Lipinski definition) is 6. The SMILES string of the molecule is CC(C)c1noc(COC(=O)c2ccc(-c3ccccc3Cl)o2)n1. The fourth-order valence-corrected chi connectivity index (χ4v) is 2.24. The number of halogens is 1. The molecular formula is C17H15ClN2O4. The van der Waals surface area contributed by atoms with E-state index in [-0.39, 0.29) is 24.2 Å². The van der Waals surface area contributed by atoms with Gasteiger partial charge in [0.25, 0.3) is 5.89 Å². The average Bonchev–Trinajstić information content (AvgIpc) is 3.22. The average molecular weight is 347 g/mol. The first kappa shape index (κ1) is 16.3. The van der Waals surface area contributed by atoms with Crippen LogP contribution in [-0.2, 0) is 11.3 Å². The molecule has 3 aromatic rings. The van der Waals surface area contributed by atoms with Gasteiger partial charge in [-0.1, -0.05) is 42.7 Å². The molecule has 0 unspecified atom stereocenters. The van der Waals surface area contributed by atoms with Crippen molar-refractivity contribution in [2.75, 3.05) is 0 Å². The summed E-state index contributed by atoms with van der Waals surface area (Å²) < 4.78 is 15.7. The molecule has 0 N–H and O–H groups in total. The minimum Gasteiger partial charge on any atom is -0.450 e. The van der Waals surface area contributed by atoms with E-state index in [1.807, 2.05) is 32.0 Å². The molecule has 1 aromatic carbocycles. The molecule has 0 fully saturated rings. The van der Waals surface area contributed by atoms with Crippen LogP contribution in [0.3, 0.4) is 0 Å². The van der Waals surface area contributed by atoms with E-state index in [0.29, 0.717) is 22.2 Å². The van der Waals surface area contributed by atoms with E-state index >= 15 is 0 Å². The maximum absolute atomic E-state index is 12.0. The molecule has 6 nitrogen and oxygen atoms in total. The van der Waals surface area contributed by atoms with Gasteiger partial charge in [0.2, 0.25) is 5.76 Å². The van der Waals surface area contributed by atoms with Crippen LogP contribution in [0.1, 0.15) is 42.0 Å². The number of nitrogens with zero attached hydrogens (tertiary/aromatic N) is 2. The standard InChI is InChI=1S/C17H15ClN2O4/c1-10(2)16-19-15(24-20-16)9-22-17(21)14-8-7-13(23-14)11-5-3-4-6-12(11)18/h3-8,10H,9H2,1-2H3. The van der Waals surface area contributed by atoms with E-state index in [0.717, 1.165) is 0 Å². The van der Waals surface area contributed by atoms with Gasteiger partial charge in [-0.05, 0) is 24.3 Å². The lowest BCUT2D eigenvalue weighted by Gasteiger charge is -2.00. The van der Waals surface area contributed by atoms with Gasteiger partial charge < -0.3 is 13.7 Å². The number of ether oxygens (including phenoxy) is 1. The largest absolute Gasteiger partial charge is 0.450 e. The van der Waals surface area contributed by atoms with Crippen molar-refractivity contribution < 1.29 is 18.5 Å². The van der Waals surface area contributed by atoms with Crippen LogP contribution in [0, 0.1) is 0 Å². The van der Waals surface area contributed by atoms with Crippen molar-refractivity contribution in [3.8, 4) is 11.3 Å². The van der Waals surface area contributed by atoms with E-state index in [1.54, 1.807) is 12.1 Å². The summed E-state index contributed by atoms with van der Waals surface area (Å²) in [7, 11) is 0. The Hall–Kier alpha value is -2.60. The van der Waals surface area contributed by atoms with Gasteiger partial charge >= 0.3 is 5.97 Å². The fourth-order valence-electron chi connectivity index (χ4n) is 2.01. The number of rotatable bonds is 5. The summed E-state index contributed by atoms with van der Waals surface area (Å²) in [6.07, 6.45) is 0. The molecular weight excluding hydrogens is 332 g/mol. The lowest BCUT2D eigenvalue weighted by molar-refractivity contribution is 0.0394. The summed E-state index contributed by atoms with van der Waals surface area (Å²) in [5.74, 6) is 0.907. The van der Waals surface area contributed by atoms with Crippen molar-refractivity contribution in [3.63, 3.8) is 0 Å². The summed E-state index contributed by atoms with van der Waals surface area (Å²) in [5, 5.41) is 4.34. The highest BCUT2D eigenvalue weighted by Crippen LogP contribution is 2.29. The molecule has 0 saturated carbocycles. The Bertz CT molecular complexity index is 854. The number of furan rings is 1. The van der Waals surface area contributed by atoms with Gasteiger partial charge in [-0.25, -0.2) is 4.79 Å². The molecule has 0 bridgehead atoms. The Labute approximate surface area is 143 Å². The Morgan fingerprint density at radius 2 is 2.04 bits per heavy atom. The summed E-state index contributed by atoms with van der Waals surface area (Å²) in [4.78, 5) is 16.2. The quantitative estimate of drug-likeness (QED) is 0.634. The predicted octanol–water partition coefficient (Wildman–Crippen LogP) is 4.46. The van der Waals surface area contributed by atoms with E-state index in [2.05, 4.69) is 10.1 Å². The Morgan fingerprint density at radius 1 is 1.25 bits per heavy atom. The highest BCUT2D eigenvalue weighted by molar-refractivity contribution is 6.33. The third-order valence-electron chi connectivity index (χ3n) is 3.27. The third-order valence-corrected chi connectivity index (χ3v) is 3.60. The highest BCUT2D eigenvalue weighted by atomic mass is 35.5. The van der Waals surface area contributed by atoms with Gasteiger partial charge in [-0.2, -0.15) is 4.98 Å². The minimum absolute atomic E-state index is 0.0773. The van der Waals surface area contributed by atoms with Crippen molar-refractivity contribution in [2.45, 2.75) is 26.4 Å². The van der Waals surface area contributed by atoms with Crippen molar-refractivity contribution in [2.24, 2.45) is 0 Å². The van der Waals surface area contributed by atoms with Crippen molar-refractivity contribution in [1.29, 1.82) is 0 Å². The second-order valence-corrected chi connectivity index (χ2v) is 5.83. The molecule has 0 aliphatic rings. The zero-order valence-corrected chi connectivity index (χ0v) is 13.9. The van der Waals surface area contributed by atoms with Crippen molar-refractivity contribution in [1.82, 2.24) is 10.1 Å². The first-order chi connectivity index (χ1) is 11.5. The molecule has 0 amide bonds. The third kappa shape index (κ3) is 3.49. The molecule has 0 spiro atoms. The number of aromatic nitrogens is 2. The molecule has 0 saturated heterocycles. The second-order valence-electron chi connectivity index (χ2n) is 5.42. The van der Waals surface area contributed by atoms with E-state index in [4.69, 9.17) is 25.3 Å². The minimum atomic E-state index is -0.613. The Kier molecular flexibility index (Phi) is 4.66. The van der Waals surface area contributed by atoms with Crippen LogP contribution in [0.4, 0.5) is 0 Å². The molecule has 0 atom stereocenters. The molecule has 124 valence electrons. The summed E-state index contributed by atoms with van der Waals surface area (Å²) >= 11 is 6.11. The van der Waals surface area contributed by atoms with Crippen LogP contribution < -0.4 is 0 Å². The van der Waals surface area contributed by atoms with E-state index in [1.165, 1.54) is 6.07 Å². The molecule has 0 aliphatic carbocycles. The topological polar surface area (TPSA) is 78.4 Å². The van der Waals surface area contributed by atoms with Gasteiger partial charge in [-0.15, -0.1) is 0 Å². The normalized spacial score (nSPS) is 11.0. The van der Waals surface area contributed by atoms with Gasteiger partial charge in [0.05, 0.1) is 5.02 Å². The Balaban J connectivity index is 1.66. The van der Waals surface area contributed by atoms with E-state index < -0.39 is 5.97 Å². The first-order valence-electron chi connectivity index (χ1n) is 7.39. The fraction of sp³-hybridized carbons (Fsp3) is 0.235. The molecule has 24 heavy (non-hydrogen) atoms. The molecule has 2 aromatic heterocycles. The highest BCUT2D eigenvalue weighted by Gasteiger charge is 2.17. The predicted molar refractivity (Wildman–Crippen MR) is 86.7 cm³/mol. The Morgan fingerprint density at radius 3 is 2.75 bits per heavy atom. The zero-order valence-electron chi connectivity index (χ0n) is 13.2. The maximum atomic E-state index is 12.0. The van der Waals surface area contributed by atoms with Gasteiger partial charge in [0.15, 0.2) is 12.4 Å². The maximum Gasteiger partial charge on any atom is 0.374 e. The lowest BCUT2D eigenvalue weighted by atomic mass is 10.2. The van der Waals surface area contributed by atoms with Crippen LogP contribution in [0.25, 0.3) is 11.3 Å². The molecule has 7 heteroatoms. The van der Waals surface area contributed by atoms with Crippen LogP contribution in [0.2, 0.25) is 5.02 Å². The van der Waals surface area contributed by atoms with Gasteiger partial charge in [-0.3, -0.25) is 0 Å². The second kappa shape index (κ2) is 6.88. The first-order valence-corrected chi connectivity index (χ1v) is 7.76. The van der Waals surface area contributed by atoms with Gasteiger partial charge in [0, 0.05) is 11.5 Å². The summed E-state index contributed by atoms with van der Waals surface area (Å²) in [6.45, 7) is 3.78. The van der Waals surface area contributed by atoms with Crippen LogP contribution in [0.5, 0.6) is 0 Å². The van der Waals surface area contributed by atoms with Crippen LogP contribution >= 0.6 is 11.6 Å². The number of esters is 1. The number of carbonyl (C=O) groups is 1. The van der Waals surface area contributed by atoms with Gasteiger partial charge in [0.1, 0.15) is 5.76 Å². The molecule has 2 heterocycles. The zero-order chi connectivity index (χ0) is 17.1. The molecule has 3 rings (SSSR count). The van der Waals surface area contributed by atoms with Crippen LogP contribution in [0.15, 0.2) is 45.3 Å². The van der Waals surface area contributed by atoms with Crippen molar-refractivity contribution >= 4 is 17.6 Å². The number of carbonyl (C=O) groups excluding carboxylic acids is 1.